The first-order chi connectivity index (χ1) is 6.73. The van der Waals surface area contributed by atoms with Crippen LogP contribution in [0.25, 0.3) is 0 Å². The van der Waals surface area contributed by atoms with E-state index in [4.69, 9.17) is 57.0 Å². The van der Waals surface area contributed by atoms with Crippen molar-refractivity contribution in [2.75, 3.05) is 0 Å². The third-order valence-electron chi connectivity index (χ3n) is 0. The van der Waals surface area contributed by atoms with Gasteiger partial charge in [-0.25, -0.2) is 0 Å². The maximum atomic E-state index is 7.50. The fraction of sp³-hybridized carbons (Fsp3) is 0. The molecule has 0 fully saturated rings. The average Bonchev–Trinajstić information content (AvgIpc) is 2.30. The summed E-state index contributed by atoms with van der Waals surface area (Å²) in [6.07, 6.45) is 0. The molecular formula is C5HCl3CrO5P+. The Labute approximate surface area is 113 Å². The van der Waals surface area contributed by atoms with Crippen LogP contribution in [0.15, 0.2) is 0 Å². The van der Waals surface area contributed by atoms with Crippen molar-refractivity contribution in [3.05, 3.63) is 33.3 Å². The van der Waals surface area contributed by atoms with Crippen LogP contribution in [0.5, 0.6) is 0 Å². The molecule has 0 unspecified atom stereocenters. The van der Waals surface area contributed by atoms with Crippen LogP contribution in [-0.4, -0.2) is 0 Å². The van der Waals surface area contributed by atoms with Gasteiger partial charge in [-0.15, -0.1) is 0 Å². The van der Waals surface area contributed by atoms with E-state index in [1.807, 2.05) is 0 Å². The van der Waals surface area contributed by atoms with Gasteiger partial charge in [0.05, 0.1) is 0 Å². The summed E-state index contributed by atoms with van der Waals surface area (Å²) in [4.78, 5) is 0. The fourth-order valence-electron chi connectivity index (χ4n) is 0. The van der Waals surface area contributed by atoms with E-state index in [-0.39, 0.29) is 17.4 Å². The van der Waals surface area contributed by atoms with Crippen LogP contribution in [0, 0.1) is 33.3 Å². The van der Waals surface area contributed by atoms with Gasteiger partial charge in [0.25, 0.3) is 5.98 Å². The van der Waals surface area contributed by atoms with Gasteiger partial charge < -0.3 is 0 Å². The molecule has 0 aromatic heterocycles. The smallest absolute Gasteiger partial charge is 0 e. The number of rotatable bonds is 0. The van der Waals surface area contributed by atoms with Gasteiger partial charge in [0.2, 0.25) is 0 Å². The Bertz CT molecular complexity index is 117. The van der Waals surface area contributed by atoms with Gasteiger partial charge >= 0.3 is 56.5 Å². The second kappa shape index (κ2) is 213. The summed E-state index contributed by atoms with van der Waals surface area (Å²) in [7, 11) is 0. The minimum Gasteiger partial charge on any atom is 0 e. The molecule has 0 amide bonds. The Morgan fingerprint density at radius 3 is 0.533 bits per heavy atom. The van der Waals surface area contributed by atoms with Crippen molar-refractivity contribution in [3.8, 4) is 0 Å². The maximum Gasteiger partial charge on any atom is 0 e. The SMILES string of the molecule is Cl[PH+](Cl)Cl.[C-]#[O+].[C-]#[O+].[C-]#[O+].[C-]#[O+].[C-]#[O+].[Cr]. The molecule has 0 aliphatic carbocycles. The van der Waals surface area contributed by atoms with Gasteiger partial charge in [0, 0.05) is 17.4 Å². The van der Waals surface area contributed by atoms with E-state index >= 15 is 0 Å². The summed E-state index contributed by atoms with van der Waals surface area (Å²) >= 11 is 14.7. The fourth-order valence-corrected chi connectivity index (χ4v) is 0. The molecule has 0 heterocycles. The van der Waals surface area contributed by atoms with Crippen molar-refractivity contribution in [2.24, 2.45) is 0 Å². The summed E-state index contributed by atoms with van der Waals surface area (Å²) in [6, 6.07) is 0. The van der Waals surface area contributed by atoms with E-state index in [2.05, 4.69) is 33.3 Å². The minimum atomic E-state index is -1.46. The van der Waals surface area contributed by atoms with Crippen LogP contribution in [0.2, 0.25) is 0 Å². The van der Waals surface area contributed by atoms with Gasteiger partial charge in [-0.1, -0.05) is 0 Å². The predicted octanol–water partition coefficient (Wildman–Crippen LogP) is 2.47. The molecule has 5 nitrogen and oxygen atoms in total. The molecule has 0 aromatic carbocycles. The van der Waals surface area contributed by atoms with Crippen molar-refractivity contribution in [1.29, 1.82) is 0 Å². The van der Waals surface area contributed by atoms with Crippen molar-refractivity contribution >= 4 is 39.7 Å². The molecule has 0 aromatic rings. The minimum absolute atomic E-state index is 0. The van der Waals surface area contributed by atoms with E-state index < -0.39 is 5.98 Å². The molecule has 0 aliphatic rings. The molecule has 82 valence electrons. The standard InChI is InChI=1S/5CO.Cl3P.Cr/c5*1-2;1-4(2)3;/p+1. The summed E-state index contributed by atoms with van der Waals surface area (Å²) in [5.41, 5.74) is 0. The van der Waals surface area contributed by atoms with E-state index in [9.17, 15) is 0 Å². The summed E-state index contributed by atoms with van der Waals surface area (Å²) in [5, 5.41) is 0. The first kappa shape index (κ1) is 45.1. The monoisotopic (exact) mass is 329 g/mol. The van der Waals surface area contributed by atoms with E-state index in [0.717, 1.165) is 0 Å². The molecule has 0 N–H and O–H groups in total. The summed E-state index contributed by atoms with van der Waals surface area (Å²) in [6.45, 7) is 22.5. The van der Waals surface area contributed by atoms with E-state index in [1.165, 1.54) is 0 Å². The summed E-state index contributed by atoms with van der Waals surface area (Å²) < 4.78 is 37.5. The molecule has 0 saturated carbocycles. The van der Waals surface area contributed by atoms with Crippen LogP contribution in [0.4, 0.5) is 0 Å². The van der Waals surface area contributed by atoms with Crippen molar-refractivity contribution in [2.45, 2.75) is 0 Å². The topological polar surface area (TPSA) is 99.5 Å². The summed E-state index contributed by atoms with van der Waals surface area (Å²) in [5.74, 6) is -1.46. The van der Waals surface area contributed by atoms with Gasteiger partial charge in [-0.05, 0) is 0 Å². The normalized spacial score (nSPS) is 3.07. The molecule has 0 atom stereocenters. The molecule has 0 spiro atoms. The van der Waals surface area contributed by atoms with E-state index in [1.54, 1.807) is 0 Å². The van der Waals surface area contributed by atoms with E-state index in [0.29, 0.717) is 0 Å². The molecule has 0 saturated heterocycles. The van der Waals surface area contributed by atoms with Gasteiger partial charge in [0.1, 0.15) is 33.7 Å². The third kappa shape index (κ3) is 8050. The Kier molecular flexibility index (Phi) is 641. The van der Waals surface area contributed by atoms with Gasteiger partial charge in [0.15, 0.2) is 0 Å². The van der Waals surface area contributed by atoms with Crippen molar-refractivity contribution in [3.63, 3.8) is 0 Å². The van der Waals surface area contributed by atoms with Gasteiger partial charge in [-0.3, -0.25) is 0 Å². The second-order valence-corrected chi connectivity index (χ2v) is 5.79. The van der Waals surface area contributed by atoms with Crippen molar-refractivity contribution < 1.29 is 40.6 Å². The number of hydrogen-bond donors (Lipinski definition) is 0. The molecule has 0 aliphatic heterocycles. The number of halogens is 3. The molecular weight excluding hydrogens is 329 g/mol. The molecule has 10 heteroatoms. The van der Waals surface area contributed by atoms with Crippen LogP contribution in [-0.2, 0) is 40.6 Å². The molecule has 0 bridgehead atoms. The zero-order valence-corrected chi connectivity index (χ0v) is 11.1. The van der Waals surface area contributed by atoms with Gasteiger partial charge in [-0.2, -0.15) is 0 Å². The maximum absolute atomic E-state index is 7.50. The first-order valence-corrected chi connectivity index (χ1v) is 6.12. The second-order valence-electron chi connectivity index (χ2n) is 0.214. The van der Waals surface area contributed by atoms with Crippen molar-refractivity contribution in [1.82, 2.24) is 0 Å². The predicted molar refractivity (Wildman–Crippen MR) is 45.5 cm³/mol. The Hall–Kier alpha value is 0.532. The molecule has 0 rings (SSSR count). The quantitative estimate of drug-likeness (QED) is 0.370. The Balaban J connectivity index is -0.0000000105. The first-order valence-electron chi connectivity index (χ1n) is 1.59. The molecule has 15 heavy (non-hydrogen) atoms. The molecule has 0 radical (unpaired) electrons. The zero-order chi connectivity index (χ0) is 13.6. The van der Waals surface area contributed by atoms with Crippen LogP contribution >= 0.6 is 39.7 Å². The average molecular weight is 330 g/mol. The third-order valence-corrected chi connectivity index (χ3v) is 0. The zero-order valence-electron chi connectivity index (χ0n) is 6.58. The van der Waals surface area contributed by atoms with Crippen LogP contribution in [0.3, 0.4) is 0 Å². The van der Waals surface area contributed by atoms with Crippen LogP contribution in [0.1, 0.15) is 0 Å². The number of hydrogen-bond acceptors (Lipinski definition) is 0. The Morgan fingerprint density at radius 1 is 0.533 bits per heavy atom. The van der Waals surface area contributed by atoms with Crippen LogP contribution < -0.4 is 0 Å². The largest absolute Gasteiger partial charge is 0 e. The Morgan fingerprint density at radius 2 is 0.533 bits per heavy atom.